The normalized spacial score (nSPS) is 9.58. The minimum atomic E-state index is 0. The van der Waals surface area contributed by atoms with Gasteiger partial charge in [0.25, 0.3) is 0 Å². The van der Waals surface area contributed by atoms with Crippen LogP contribution in [0.2, 0.25) is 0 Å². The van der Waals surface area contributed by atoms with E-state index in [0.29, 0.717) is 0 Å². The fourth-order valence-electron chi connectivity index (χ4n) is 0.720. The first-order valence-electron chi connectivity index (χ1n) is 3.61. The molecule has 68 valence electrons. The summed E-state index contributed by atoms with van der Waals surface area (Å²) in [7, 11) is 4.16. The first-order chi connectivity index (χ1) is 5.29. The van der Waals surface area contributed by atoms with Crippen molar-refractivity contribution in [1.29, 1.82) is 0 Å². The summed E-state index contributed by atoms with van der Waals surface area (Å²) in [6, 6.07) is 10.4. The highest BCUT2D eigenvalue weighted by Crippen LogP contribution is 2.16. The van der Waals surface area contributed by atoms with Gasteiger partial charge in [0.15, 0.2) is 0 Å². The molecule has 1 nitrogen and oxygen atoms in total. The van der Waals surface area contributed by atoms with Crippen molar-refractivity contribution in [2.45, 2.75) is 4.90 Å². The Kier molecular flexibility index (Phi) is 6.25. The van der Waals surface area contributed by atoms with Gasteiger partial charge >= 0.3 is 0 Å². The molecule has 0 radical (unpaired) electrons. The molecule has 0 aliphatic heterocycles. The average molecular weight is 204 g/mol. The molecular weight excluding hydrogens is 190 g/mol. The van der Waals surface area contributed by atoms with E-state index in [1.54, 1.807) is 0 Å². The van der Waals surface area contributed by atoms with Gasteiger partial charge in [-0.05, 0) is 26.2 Å². The molecule has 0 N–H and O–H groups in total. The molecule has 0 bridgehead atoms. The number of benzene rings is 1. The second kappa shape index (κ2) is 6.35. The number of halogens is 1. The van der Waals surface area contributed by atoms with Crippen LogP contribution >= 0.6 is 24.2 Å². The third-order valence-corrected chi connectivity index (χ3v) is 2.48. The molecule has 3 heteroatoms. The van der Waals surface area contributed by atoms with Gasteiger partial charge in [-0.15, -0.1) is 24.2 Å². The zero-order valence-electron chi connectivity index (χ0n) is 7.36. The fourth-order valence-corrected chi connectivity index (χ4v) is 1.48. The van der Waals surface area contributed by atoms with Gasteiger partial charge in [-0.25, -0.2) is 0 Å². The van der Waals surface area contributed by atoms with Crippen molar-refractivity contribution in [2.75, 3.05) is 20.0 Å². The minimum Gasteiger partial charge on any atom is -0.300 e. The van der Waals surface area contributed by atoms with Gasteiger partial charge in [0, 0.05) is 10.8 Å². The number of rotatable bonds is 3. The van der Waals surface area contributed by atoms with E-state index in [1.165, 1.54) is 4.90 Å². The van der Waals surface area contributed by atoms with E-state index in [2.05, 4.69) is 43.3 Å². The number of nitrogens with zero attached hydrogens (tertiary/aromatic N) is 1. The monoisotopic (exact) mass is 203 g/mol. The highest BCUT2D eigenvalue weighted by Gasteiger charge is 1.92. The molecule has 0 heterocycles. The molecule has 0 aliphatic carbocycles. The Morgan fingerprint density at radius 2 is 1.75 bits per heavy atom. The molecule has 1 aromatic carbocycles. The lowest BCUT2D eigenvalue weighted by Crippen LogP contribution is -2.09. The summed E-state index contributed by atoms with van der Waals surface area (Å²) >= 11 is 1.85. The first-order valence-corrected chi connectivity index (χ1v) is 4.60. The molecule has 0 aliphatic rings. The quantitative estimate of drug-likeness (QED) is 0.549. The van der Waals surface area contributed by atoms with Crippen LogP contribution in [0.4, 0.5) is 0 Å². The highest BCUT2D eigenvalue weighted by molar-refractivity contribution is 7.99. The Morgan fingerprint density at radius 1 is 1.17 bits per heavy atom. The Morgan fingerprint density at radius 3 is 2.25 bits per heavy atom. The van der Waals surface area contributed by atoms with E-state index in [9.17, 15) is 0 Å². The second-order valence-corrected chi connectivity index (χ2v) is 3.68. The van der Waals surface area contributed by atoms with Crippen LogP contribution in [0.5, 0.6) is 0 Å². The molecule has 12 heavy (non-hydrogen) atoms. The molecular formula is C9H14ClNS. The molecule has 0 spiro atoms. The van der Waals surface area contributed by atoms with Gasteiger partial charge < -0.3 is 0 Å². The molecule has 0 amide bonds. The molecule has 0 saturated heterocycles. The van der Waals surface area contributed by atoms with Crippen molar-refractivity contribution >= 4 is 24.2 Å². The molecule has 0 saturated carbocycles. The summed E-state index contributed by atoms with van der Waals surface area (Å²) in [5.74, 6) is 1.05. The van der Waals surface area contributed by atoms with Crippen molar-refractivity contribution in [2.24, 2.45) is 0 Å². The molecule has 0 unspecified atom stereocenters. The van der Waals surface area contributed by atoms with Gasteiger partial charge in [0.2, 0.25) is 0 Å². The Bertz CT molecular complexity index is 201. The highest BCUT2D eigenvalue weighted by atomic mass is 35.5. The van der Waals surface area contributed by atoms with Crippen LogP contribution in [0, 0.1) is 0 Å². The fraction of sp³-hybridized carbons (Fsp3) is 0.333. The van der Waals surface area contributed by atoms with E-state index in [1.807, 2.05) is 17.8 Å². The Balaban J connectivity index is 0.00000121. The van der Waals surface area contributed by atoms with Gasteiger partial charge in [-0.3, -0.25) is 4.90 Å². The molecule has 0 fully saturated rings. The molecule has 1 aromatic rings. The van der Waals surface area contributed by atoms with Crippen LogP contribution in [0.15, 0.2) is 35.2 Å². The summed E-state index contributed by atoms with van der Waals surface area (Å²) in [5.41, 5.74) is 0. The first kappa shape index (κ1) is 11.8. The summed E-state index contributed by atoms with van der Waals surface area (Å²) < 4.78 is 0. The van der Waals surface area contributed by atoms with Crippen molar-refractivity contribution in [3.05, 3.63) is 30.3 Å². The van der Waals surface area contributed by atoms with Crippen molar-refractivity contribution in [1.82, 2.24) is 4.90 Å². The third-order valence-electron chi connectivity index (χ3n) is 1.23. The SMILES string of the molecule is CN(C)CSc1ccccc1.Cl. The van der Waals surface area contributed by atoms with Crippen LogP contribution in [0.25, 0.3) is 0 Å². The van der Waals surface area contributed by atoms with Gasteiger partial charge in [-0.1, -0.05) is 18.2 Å². The van der Waals surface area contributed by atoms with Crippen molar-refractivity contribution < 1.29 is 0 Å². The summed E-state index contributed by atoms with van der Waals surface area (Å²) in [6.45, 7) is 0. The van der Waals surface area contributed by atoms with Crippen molar-refractivity contribution in [3.63, 3.8) is 0 Å². The largest absolute Gasteiger partial charge is 0.300 e. The van der Waals surface area contributed by atoms with Gasteiger partial charge in [0.1, 0.15) is 0 Å². The van der Waals surface area contributed by atoms with E-state index >= 15 is 0 Å². The van der Waals surface area contributed by atoms with E-state index in [0.717, 1.165) is 5.88 Å². The molecule has 0 aromatic heterocycles. The Labute approximate surface area is 84.6 Å². The number of thioether (sulfide) groups is 1. The number of hydrogen-bond donors (Lipinski definition) is 0. The van der Waals surface area contributed by atoms with E-state index < -0.39 is 0 Å². The maximum Gasteiger partial charge on any atom is 0.0485 e. The zero-order chi connectivity index (χ0) is 8.10. The predicted molar refractivity (Wildman–Crippen MR) is 58.1 cm³/mol. The standard InChI is InChI=1S/C9H13NS.ClH/c1-10(2)8-11-9-6-4-3-5-7-9;/h3-7H,8H2,1-2H3;1H. The second-order valence-electron chi connectivity index (χ2n) is 2.67. The maximum atomic E-state index is 2.16. The molecule has 1 rings (SSSR count). The van der Waals surface area contributed by atoms with Gasteiger partial charge in [-0.2, -0.15) is 0 Å². The predicted octanol–water partition coefficient (Wildman–Crippen LogP) is 2.72. The minimum absolute atomic E-state index is 0. The van der Waals surface area contributed by atoms with Crippen LogP contribution in [-0.2, 0) is 0 Å². The van der Waals surface area contributed by atoms with Crippen LogP contribution < -0.4 is 0 Å². The number of hydrogen-bond acceptors (Lipinski definition) is 2. The third kappa shape index (κ3) is 4.65. The molecule has 0 atom stereocenters. The summed E-state index contributed by atoms with van der Waals surface area (Å²) in [5, 5.41) is 0. The summed E-state index contributed by atoms with van der Waals surface area (Å²) in [6.07, 6.45) is 0. The van der Waals surface area contributed by atoms with Gasteiger partial charge in [0.05, 0.1) is 0 Å². The smallest absolute Gasteiger partial charge is 0.0485 e. The van der Waals surface area contributed by atoms with E-state index in [-0.39, 0.29) is 12.4 Å². The van der Waals surface area contributed by atoms with Crippen LogP contribution in [0.3, 0.4) is 0 Å². The lowest BCUT2D eigenvalue weighted by atomic mass is 10.4. The van der Waals surface area contributed by atoms with Crippen molar-refractivity contribution in [3.8, 4) is 0 Å². The maximum absolute atomic E-state index is 2.16. The topological polar surface area (TPSA) is 3.24 Å². The lowest BCUT2D eigenvalue weighted by Gasteiger charge is -2.07. The van der Waals surface area contributed by atoms with Crippen LogP contribution in [0.1, 0.15) is 0 Å². The Hall–Kier alpha value is -0.180. The zero-order valence-corrected chi connectivity index (χ0v) is 8.99. The van der Waals surface area contributed by atoms with E-state index in [4.69, 9.17) is 0 Å². The average Bonchev–Trinajstić information content (AvgIpc) is 2.03. The van der Waals surface area contributed by atoms with Crippen LogP contribution in [-0.4, -0.2) is 24.9 Å². The summed E-state index contributed by atoms with van der Waals surface area (Å²) in [4.78, 5) is 3.50. The lowest BCUT2D eigenvalue weighted by molar-refractivity contribution is 0.485.